The number of hydrogen-bond donors (Lipinski definition) is 1. The topological polar surface area (TPSA) is 55.6 Å². The Morgan fingerprint density at radius 1 is 1.58 bits per heavy atom. The number of thiophene rings is 1. The van der Waals surface area contributed by atoms with Crippen molar-refractivity contribution in [2.75, 3.05) is 13.2 Å². The molecule has 1 aliphatic carbocycles. The van der Waals surface area contributed by atoms with Crippen LogP contribution in [0.4, 0.5) is 0 Å². The van der Waals surface area contributed by atoms with Gasteiger partial charge in [0.05, 0.1) is 18.2 Å². The normalized spacial score (nSPS) is 24.4. The van der Waals surface area contributed by atoms with E-state index in [0.717, 1.165) is 32.3 Å². The summed E-state index contributed by atoms with van der Waals surface area (Å²) in [6, 6.07) is 4.08. The monoisotopic (exact) mass is 280 g/mol. The molecule has 1 unspecified atom stereocenters. The van der Waals surface area contributed by atoms with Crippen LogP contribution in [0.3, 0.4) is 0 Å². The molecule has 19 heavy (non-hydrogen) atoms. The summed E-state index contributed by atoms with van der Waals surface area (Å²) in [5.74, 6) is 0.0939. The molecule has 1 aliphatic heterocycles. The molecule has 1 aromatic heterocycles. The molecule has 0 aromatic carbocycles. The summed E-state index contributed by atoms with van der Waals surface area (Å²) >= 11 is 1.68. The highest BCUT2D eigenvalue weighted by molar-refractivity contribution is 7.09. The predicted molar refractivity (Wildman–Crippen MR) is 74.9 cm³/mol. The third-order valence-electron chi connectivity index (χ3n) is 3.88. The third-order valence-corrected chi connectivity index (χ3v) is 4.74. The van der Waals surface area contributed by atoms with Crippen LogP contribution in [0.25, 0.3) is 0 Å². The molecule has 1 aromatic rings. The van der Waals surface area contributed by atoms with Crippen molar-refractivity contribution in [1.29, 1.82) is 0 Å². The fourth-order valence-corrected chi connectivity index (χ4v) is 3.23. The van der Waals surface area contributed by atoms with Crippen LogP contribution in [0.5, 0.6) is 0 Å². The van der Waals surface area contributed by atoms with Crippen LogP contribution in [-0.4, -0.2) is 35.6 Å². The highest BCUT2D eigenvalue weighted by atomic mass is 32.1. The second-order valence-electron chi connectivity index (χ2n) is 5.56. The van der Waals surface area contributed by atoms with Crippen LogP contribution in [0.15, 0.2) is 17.5 Å². The number of carbonyl (C=O) groups is 1. The second-order valence-corrected chi connectivity index (χ2v) is 6.59. The van der Waals surface area contributed by atoms with Crippen LogP contribution in [0, 0.1) is 0 Å². The fourth-order valence-electron chi connectivity index (χ4n) is 2.51. The maximum Gasteiger partial charge on any atom is 0.243 e. The molecule has 2 fully saturated rings. The first-order valence-electron chi connectivity index (χ1n) is 6.90. The molecule has 2 N–H and O–H groups in total. The maximum atomic E-state index is 12.5. The van der Waals surface area contributed by atoms with E-state index in [4.69, 9.17) is 10.5 Å². The van der Waals surface area contributed by atoms with Crippen molar-refractivity contribution < 1.29 is 9.53 Å². The molecule has 0 spiro atoms. The summed E-state index contributed by atoms with van der Waals surface area (Å²) in [7, 11) is 0. The van der Waals surface area contributed by atoms with Gasteiger partial charge in [-0.15, -0.1) is 11.3 Å². The van der Waals surface area contributed by atoms with E-state index in [1.807, 2.05) is 16.3 Å². The van der Waals surface area contributed by atoms with Gasteiger partial charge in [-0.3, -0.25) is 4.79 Å². The molecule has 1 saturated carbocycles. The number of hydrogen-bond acceptors (Lipinski definition) is 4. The van der Waals surface area contributed by atoms with Gasteiger partial charge in [-0.1, -0.05) is 6.07 Å². The minimum atomic E-state index is -0.587. The zero-order valence-electron chi connectivity index (χ0n) is 11.0. The van der Waals surface area contributed by atoms with Crippen molar-refractivity contribution in [1.82, 2.24) is 4.90 Å². The molecule has 0 bridgehead atoms. The van der Waals surface area contributed by atoms with Crippen molar-refractivity contribution >= 4 is 17.2 Å². The van der Waals surface area contributed by atoms with Crippen molar-refractivity contribution in [3.63, 3.8) is 0 Å². The lowest BCUT2D eigenvalue weighted by Crippen LogP contribution is -2.47. The van der Waals surface area contributed by atoms with E-state index in [9.17, 15) is 4.79 Å². The Kier molecular flexibility index (Phi) is 3.60. The number of rotatable bonds is 5. The Balaban J connectivity index is 1.68. The Morgan fingerprint density at radius 2 is 2.42 bits per heavy atom. The SMILES string of the molecule is NC1(C(=O)N(Cc2cccs2)CC2CCCO2)CC1. The Labute approximate surface area is 117 Å². The van der Waals surface area contributed by atoms with E-state index in [1.54, 1.807) is 11.3 Å². The van der Waals surface area contributed by atoms with Gasteiger partial charge in [-0.05, 0) is 37.1 Å². The summed E-state index contributed by atoms with van der Waals surface area (Å²) in [6.07, 6.45) is 3.97. The summed E-state index contributed by atoms with van der Waals surface area (Å²) in [5.41, 5.74) is 5.48. The van der Waals surface area contributed by atoms with Gasteiger partial charge in [0, 0.05) is 18.0 Å². The zero-order valence-corrected chi connectivity index (χ0v) is 11.8. The molecular weight excluding hydrogens is 260 g/mol. The van der Waals surface area contributed by atoms with Gasteiger partial charge < -0.3 is 15.4 Å². The van der Waals surface area contributed by atoms with Gasteiger partial charge >= 0.3 is 0 Å². The minimum Gasteiger partial charge on any atom is -0.376 e. The molecule has 104 valence electrons. The van der Waals surface area contributed by atoms with Crippen molar-refractivity contribution in [2.24, 2.45) is 5.73 Å². The van der Waals surface area contributed by atoms with Crippen molar-refractivity contribution in [2.45, 2.75) is 43.9 Å². The second kappa shape index (κ2) is 5.23. The first-order valence-corrected chi connectivity index (χ1v) is 7.78. The summed E-state index contributed by atoms with van der Waals surface area (Å²) < 4.78 is 5.65. The van der Waals surface area contributed by atoms with Gasteiger partial charge in [-0.2, -0.15) is 0 Å². The highest BCUT2D eigenvalue weighted by Crippen LogP contribution is 2.35. The Morgan fingerprint density at radius 3 is 3.00 bits per heavy atom. The van der Waals surface area contributed by atoms with E-state index in [0.29, 0.717) is 13.1 Å². The quantitative estimate of drug-likeness (QED) is 0.894. The highest BCUT2D eigenvalue weighted by Gasteiger charge is 2.48. The van der Waals surface area contributed by atoms with Gasteiger partial charge in [0.2, 0.25) is 5.91 Å². The molecule has 1 amide bonds. The van der Waals surface area contributed by atoms with E-state index in [2.05, 4.69) is 6.07 Å². The minimum absolute atomic E-state index is 0.0939. The van der Waals surface area contributed by atoms with Crippen LogP contribution >= 0.6 is 11.3 Å². The standard InChI is InChI=1S/C14H20N2O2S/c15-14(5-6-14)13(17)16(9-11-3-1-7-18-11)10-12-4-2-8-19-12/h2,4,8,11H,1,3,5-7,9-10,15H2. The smallest absolute Gasteiger partial charge is 0.243 e. The molecule has 4 nitrogen and oxygen atoms in total. The summed E-state index contributed by atoms with van der Waals surface area (Å²) in [4.78, 5) is 15.6. The number of nitrogens with zero attached hydrogens (tertiary/aromatic N) is 1. The van der Waals surface area contributed by atoms with Gasteiger partial charge in [0.15, 0.2) is 0 Å². The molecule has 3 rings (SSSR count). The lowest BCUT2D eigenvalue weighted by atomic mass is 10.2. The number of carbonyl (C=O) groups excluding carboxylic acids is 1. The Bertz CT molecular complexity index is 436. The van der Waals surface area contributed by atoms with Gasteiger partial charge in [-0.25, -0.2) is 0 Å². The fraction of sp³-hybridized carbons (Fsp3) is 0.643. The molecule has 2 aliphatic rings. The van der Waals surface area contributed by atoms with Crippen LogP contribution < -0.4 is 5.73 Å². The average molecular weight is 280 g/mol. The summed E-state index contributed by atoms with van der Waals surface area (Å²) in [5, 5.41) is 2.04. The zero-order chi connectivity index (χ0) is 13.3. The third kappa shape index (κ3) is 2.99. The summed E-state index contributed by atoms with van der Waals surface area (Å²) in [6.45, 7) is 2.16. The largest absolute Gasteiger partial charge is 0.376 e. The Hall–Kier alpha value is -0.910. The van der Waals surface area contributed by atoms with Gasteiger partial charge in [0.1, 0.15) is 0 Å². The number of nitrogens with two attached hydrogens (primary N) is 1. The molecule has 2 heterocycles. The van der Waals surface area contributed by atoms with E-state index in [-0.39, 0.29) is 12.0 Å². The number of amides is 1. The average Bonchev–Trinajstić information content (AvgIpc) is 2.88. The lowest BCUT2D eigenvalue weighted by molar-refractivity contribution is -0.135. The molecule has 5 heteroatoms. The van der Waals surface area contributed by atoms with E-state index < -0.39 is 5.54 Å². The molecule has 1 saturated heterocycles. The lowest BCUT2D eigenvalue weighted by Gasteiger charge is -2.27. The van der Waals surface area contributed by atoms with Crippen LogP contribution in [-0.2, 0) is 16.1 Å². The number of ether oxygens (including phenoxy) is 1. The van der Waals surface area contributed by atoms with Crippen molar-refractivity contribution in [3.05, 3.63) is 22.4 Å². The first kappa shape index (κ1) is 13.1. The van der Waals surface area contributed by atoms with Gasteiger partial charge in [0.25, 0.3) is 0 Å². The molecule has 1 atom stereocenters. The van der Waals surface area contributed by atoms with E-state index >= 15 is 0 Å². The van der Waals surface area contributed by atoms with Crippen LogP contribution in [0.1, 0.15) is 30.6 Å². The molecule has 0 radical (unpaired) electrons. The van der Waals surface area contributed by atoms with Crippen LogP contribution in [0.2, 0.25) is 0 Å². The maximum absolute atomic E-state index is 12.5. The predicted octanol–water partition coefficient (Wildman–Crippen LogP) is 1.75. The molecular formula is C14H20N2O2S. The van der Waals surface area contributed by atoms with Crippen molar-refractivity contribution in [3.8, 4) is 0 Å². The van der Waals surface area contributed by atoms with E-state index in [1.165, 1.54) is 4.88 Å². The first-order chi connectivity index (χ1) is 9.17.